The van der Waals surface area contributed by atoms with Gasteiger partial charge in [0.15, 0.2) is 0 Å². The first-order chi connectivity index (χ1) is 12.2. The summed E-state index contributed by atoms with van der Waals surface area (Å²) in [5.41, 5.74) is 2.82. The Balaban J connectivity index is 1.77. The molecule has 0 saturated heterocycles. The van der Waals surface area contributed by atoms with Crippen molar-refractivity contribution in [2.45, 2.75) is 20.0 Å². The Morgan fingerprint density at radius 3 is 2.84 bits per heavy atom. The number of fused-ring (bicyclic) bond motifs is 1. The molecule has 25 heavy (non-hydrogen) atoms. The molecule has 0 spiro atoms. The van der Waals surface area contributed by atoms with Crippen LogP contribution in [0.4, 0.5) is 4.39 Å². The predicted molar refractivity (Wildman–Crippen MR) is 99.8 cm³/mol. The van der Waals surface area contributed by atoms with Crippen molar-refractivity contribution >= 4 is 27.0 Å². The van der Waals surface area contributed by atoms with Crippen LogP contribution in [0.15, 0.2) is 59.3 Å². The Morgan fingerprint density at radius 1 is 1.16 bits per heavy atom. The van der Waals surface area contributed by atoms with Gasteiger partial charge in [-0.25, -0.2) is 14.4 Å². The maximum atomic E-state index is 13.6. The number of hydrogen-bond donors (Lipinski definition) is 0. The van der Waals surface area contributed by atoms with Crippen LogP contribution in [0.25, 0.3) is 22.4 Å². The fraction of sp³-hybridized carbons (Fsp3) is 0.158. The third-order valence-corrected chi connectivity index (χ3v) is 4.71. The highest BCUT2D eigenvalue weighted by molar-refractivity contribution is 9.10. The first-order valence-corrected chi connectivity index (χ1v) is 8.86. The van der Waals surface area contributed by atoms with Crippen LogP contribution in [-0.2, 0) is 13.1 Å². The summed E-state index contributed by atoms with van der Waals surface area (Å²) in [6, 6.07) is 12.6. The van der Waals surface area contributed by atoms with Gasteiger partial charge in [-0.05, 0) is 37.3 Å². The summed E-state index contributed by atoms with van der Waals surface area (Å²) in [6.07, 6.45) is 3.63. The topological polar surface area (TPSA) is 35.6 Å². The van der Waals surface area contributed by atoms with Gasteiger partial charge in [0, 0.05) is 29.0 Å². The molecule has 0 aliphatic carbocycles. The van der Waals surface area contributed by atoms with Crippen molar-refractivity contribution in [3.63, 3.8) is 0 Å². The predicted octanol–water partition coefficient (Wildman–Crippen LogP) is 4.87. The molecule has 4 nitrogen and oxygen atoms in total. The molecule has 4 rings (SSSR count). The first kappa shape index (κ1) is 16.0. The van der Waals surface area contributed by atoms with E-state index in [9.17, 15) is 4.39 Å². The van der Waals surface area contributed by atoms with Crippen LogP contribution >= 0.6 is 15.9 Å². The lowest BCUT2D eigenvalue weighted by molar-refractivity contribution is 0.627. The van der Waals surface area contributed by atoms with Gasteiger partial charge in [-0.15, -0.1) is 0 Å². The number of hydrogen-bond acceptors (Lipinski definition) is 2. The molecule has 0 saturated carbocycles. The number of nitrogens with zero attached hydrogens (tertiary/aromatic N) is 4. The summed E-state index contributed by atoms with van der Waals surface area (Å²) in [4.78, 5) is 9.18. The van der Waals surface area contributed by atoms with E-state index in [1.807, 2.05) is 29.0 Å². The Hall–Kier alpha value is -2.47. The monoisotopic (exact) mass is 398 g/mol. The zero-order valence-electron chi connectivity index (χ0n) is 13.7. The minimum Gasteiger partial charge on any atom is -0.327 e. The third-order valence-electron chi connectivity index (χ3n) is 4.22. The molecule has 0 N–H and O–H groups in total. The van der Waals surface area contributed by atoms with Crippen LogP contribution < -0.4 is 0 Å². The SMILES string of the molecule is CCn1c(Cn2ccnc2-c2cccc(F)c2)nc2cc(Br)ccc21. The fourth-order valence-electron chi connectivity index (χ4n) is 3.10. The van der Waals surface area contributed by atoms with Crippen molar-refractivity contribution in [2.75, 3.05) is 0 Å². The quantitative estimate of drug-likeness (QED) is 0.491. The molecule has 0 unspecified atom stereocenters. The number of halogens is 2. The number of aromatic nitrogens is 4. The van der Waals surface area contributed by atoms with E-state index in [0.29, 0.717) is 6.54 Å². The maximum absolute atomic E-state index is 13.6. The van der Waals surface area contributed by atoms with Gasteiger partial charge in [-0.3, -0.25) is 0 Å². The largest absolute Gasteiger partial charge is 0.327 e. The highest BCUT2D eigenvalue weighted by Gasteiger charge is 2.13. The first-order valence-electron chi connectivity index (χ1n) is 8.07. The Labute approximate surface area is 153 Å². The van der Waals surface area contributed by atoms with Gasteiger partial charge in [-0.2, -0.15) is 0 Å². The van der Waals surface area contributed by atoms with Crippen LogP contribution in [-0.4, -0.2) is 19.1 Å². The number of benzene rings is 2. The van der Waals surface area contributed by atoms with Gasteiger partial charge in [0.25, 0.3) is 0 Å². The van der Waals surface area contributed by atoms with Crippen LogP contribution in [0.3, 0.4) is 0 Å². The molecule has 0 aliphatic rings. The van der Waals surface area contributed by atoms with Crippen LogP contribution in [0, 0.1) is 5.82 Å². The maximum Gasteiger partial charge on any atom is 0.140 e. The van der Waals surface area contributed by atoms with E-state index >= 15 is 0 Å². The van der Waals surface area contributed by atoms with E-state index in [1.54, 1.807) is 12.3 Å². The van der Waals surface area contributed by atoms with Crippen molar-refractivity contribution in [1.82, 2.24) is 19.1 Å². The number of imidazole rings is 2. The van der Waals surface area contributed by atoms with E-state index in [0.717, 1.165) is 39.3 Å². The average molecular weight is 399 g/mol. The van der Waals surface area contributed by atoms with Gasteiger partial charge >= 0.3 is 0 Å². The van der Waals surface area contributed by atoms with Crippen molar-refractivity contribution < 1.29 is 4.39 Å². The second-order valence-corrected chi connectivity index (χ2v) is 6.71. The summed E-state index contributed by atoms with van der Waals surface area (Å²) in [6.45, 7) is 3.51. The Kier molecular flexibility index (Phi) is 4.13. The lowest BCUT2D eigenvalue weighted by Gasteiger charge is -2.10. The van der Waals surface area contributed by atoms with Crippen molar-refractivity contribution in [3.05, 3.63) is 71.0 Å². The molecule has 4 aromatic rings. The van der Waals surface area contributed by atoms with Crippen molar-refractivity contribution in [3.8, 4) is 11.4 Å². The van der Waals surface area contributed by atoms with E-state index < -0.39 is 0 Å². The van der Waals surface area contributed by atoms with E-state index in [2.05, 4.69) is 38.5 Å². The Bertz CT molecular complexity index is 1050. The molecule has 126 valence electrons. The van der Waals surface area contributed by atoms with Crippen molar-refractivity contribution in [2.24, 2.45) is 0 Å². The summed E-state index contributed by atoms with van der Waals surface area (Å²) in [7, 11) is 0. The van der Waals surface area contributed by atoms with E-state index in [1.165, 1.54) is 12.1 Å². The standard InChI is InChI=1S/C19H16BrFN4/c1-2-25-17-7-6-14(20)11-16(17)23-18(25)12-24-9-8-22-19(24)13-4-3-5-15(21)10-13/h3-11H,2,12H2,1H3. The van der Waals surface area contributed by atoms with E-state index in [-0.39, 0.29) is 5.82 Å². The minimum atomic E-state index is -0.266. The second kappa shape index (κ2) is 6.44. The molecule has 2 aromatic carbocycles. The fourth-order valence-corrected chi connectivity index (χ4v) is 3.45. The van der Waals surface area contributed by atoms with Gasteiger partial charge in [0.1, 0.15) is 17.5 Å². The molecule has 0 radical (unpaired) electrons. The molecule has 6 heteroatoms. The zero-order chi connectivity index (χ0) is 17.4. The molecular formula is C19H16BrFN4. The number of aryl methyl sites for hydroxylation is 1. The number of rotatable bonds is 4. The molecule has 0 amide bonds. The molecule has 0 fully saturated rings. The zero-order valence-corrected chi connectivity index (χ0v) is 15.2. The lowest BCUT2D eigenvalue weighted by Crippen LogP contribution is -2.08. The summed E-state index contributed by atoms with van der Waals surface area (Å²) in [5, 5.41) is 0. The molecule has 2 heterocycles. The second-order valence-electron chi connectivity index (χ2n) is 5.79. The van der Waals surface area contributed by atoms with Crippen LogP contribution in [0.5, 0.6) is 0 Å². The molecule has 0 aliphatic heterocycles. The summed E-state index contributed by atoms with van der Waals surface area (Å²) < 4.78 is 18.8. The van der Waals surface area contributed by atoms with Gasteiger partial charge < -0.3 is 9.13 Å². The Morgan fingerprint density at radius 2 is 2.04 bits per heavy atom. The molecular weight excluding hydrogens is 383 g/mol. The van der Waals surface area contributed by atoms with Gasteiger partial charge in [0.05, 0.1) is 17.6 Å². The smallest absolute Gasteiger partial charge is 0.140 e. The lowest BCUT2D eigenvalue weighted by atomic mass is 10.2. The van der Waals surface area contributed by atoms with E-state index in [4.69, 9.17) is 4.98 Å². The normalized spacial score (nSPS) is 11.3. The highest BCUT2D eigenvalue weighted by Crippen LogP contribution is 2.23. The van der Waals surface area contributed by atoms with Crippen LogP contribution in [0.2, 0.25) is 0 Å². The third kappa shape index (κ3) is 2.98. The minimum absolute atomic E-state index is 0.266. The summed E-state index contributed by atoms with van der Waals surface area (Å²) >= 11 is 3.50. The highest BCUT2D eigenvalue weighted by atomic mass is 79.9. The molecule has 0 atom stereocenters. The average Bonchev–Trinajstić information content (AvgIpc) is 3.18. The van der Waals surface area contributed by atoms with Gasteiger partial charge in [-0.1, -0.05) is 28.1 Å². The molecule has 0 bridgehead atoms. The molecule has 2 aromatic heterocycles. The van der Waals surface area contributed by atoms with Gasteiger partial charge in [0.2, 0.25) is 0 Å². The van der Waals surface area contributed by atoms with Crippen molar-refractivity contribution in [1.29, 1.82) is 0 Å². The summed E-state index contributed by atoms with van der Waals surface area (Å²) in [5.74, 6) is 1.42. The van der Waals surface area contributed by atoms with Crippen LogP contribution in [0.1, 0.15) is 12.7 Å².